The molecule has 1 atom stereocenters. The van der Waals surface area contributed by atoms with Crippen LogP contribution >= 0.6 is 0 Å². The highest BCUT2D eigenvalue weighted by Crippen LogP contribution is 2.33. The molecule has 1 fully saturated rings. The first-order chi connectivity index (χ1) is 6.34. The van der Waals surface area contributed by atoms with Crippen molar-refractivity contribution in [2.75, 3.05) is 6.54 Å². The number of hydrogen-bond acceptors (Lipinski definition) is 1. The molecule has 0 N–H and O–H groups in total. The lowest BCUT2D eigenvalue weighted by molar-refractivity contribution is -0.184. The Labute approximate surface area is 81.1 Å². The lowest BCUT2D eigenvalue weighted by Gasteiger charge is -2.27. The van der Waals surface area contributed by atoms with Gasteiger partial charge < -0.3 is 4.90 Å². The van der Waals surface area contributed by atoms with Crippen LogP contribution in [0.4, 0.5) is 13.2 Å². The summed E-state index contributed by atoms with van der Waals surface area (Å²) >= 11 is 0. The summed E-state index contributed by atoms with van der Waals surface area (Å²) in [6.45, 7) is 3.48. The van der Waals surface area contributed by atoms with Crippen LogP contribution in [-0.4, -0.2) is 29.6 Å². The van der Waals surface area contributed by atoms with Crippen LogP contribution < -0.4 is 0 Å². The molecule has 0 bridgehead atoms. The molecule has 0 aliphatic carbocycles. The number of rotatable bonds is 1. The predicted molar refractivity (Wildman–Crippen MR) is 45.6 cm³/mol. The van der Waals surface area contributed by atoms with Crippen LogP contribution in [0.5, 0.6) is 0 Å². The Bertz CT molecular complexity index is 225. The van der Waals surface area contributed by atoms with E-state index in [0.717, 1.165) is 4.90 Å². The number of alkyl halides is 3. The van der Waals surface area contributed by atoms with Gasteiger partial charge in [-0.1, -0.05) is 13.8 Å². The van der Waals surface area contributed by atoms with E-state index in [2.05, 4.69) is 0 Å². The van der Waals surface area contributed by atoms with E-state index in [1.165, 1.54) is 0 Å². The van der Waals surface area contributed by atoms with Crippen molar-refractivity contribution in [1.82, 2.24) is 4.90 Å². The zero-order chi connectivity index (χ0) is 10.9. The van der Waals surface area contributed by atoms with E-state index in [9.17, 15) is 18.0 Å². The molecule has 1 aliphatic heterocycles. The van der Waals surface area contributed by atoms with E-state index in [4.69, 9.17) is 0 Å². The highest BCUT2D eigenvalue weighted by atomic mass is 19.4. The van der Waals surface area contributed by atoms with E-state index in [1.807, 2.05) is 0 Å². The molecule has 5 heteroatoms. The second-order valence-corrected chi connectivity index (χ2v) is 3.89. The molecular weight excluding hydrogens is 195 g/mol. The molecule has 82 valence electrons. The molecule has 1 rings (SSSR count). The molecule has 0 aromatic rings. The van der Waals surface area contributed by atoms with Crippen molar-refractivity contribution in [3.05, 3.63) is 0 Å². The van der Waals surface area contributed by atoms with Crippen molar-refractivity contribution >= 4 is 5.91 Å². The van der Waals surface area contributed by atoms with Crippen LogP contribution in [0.25, 0.3) is 0 Å². The molecule has 0 unspecified atom stereocenters. The molecule has 1 saturated heterocycles. The Morgan fingerprint density at radius 1 is 1.43 bits per heavy atom. The summed E-state index contributed by atoms with van der Waals surface area (Å²) in [6.07, 6.45) is -3.79. The molecule has 0 aromatic carbocycles. The van der Waals surface area contributed by atoms with E-state index in [-0.39, 0.29) is 18.9 Å². The van der Waals surface area contributed by atoms with Gasteiger partial charge in [0.1, 0.15) is 6.04 Å². The van der Waals surface area contributed by atoms with Gasteiger partial charge >= 0.3 is 6.18 Å². The van der Waals surface area contributed by atoms with Gasteiger partial charge in [-0.05, 0) is 12.8 Å². The second-order valence-electron chi connectivity index (χ2n) is 3.89. The number of halogens is 3. The third-order valence-corrected chi connectivity index (χ3v) is 2.41. The fourth-order valence-corrected chi connectivity index (χ4v) is 1.70. The summed E-state index contributed by atoms with van der Waals surface area (Å²) < 4.78 is 37.3. The number of nitrogens with zero attached hydrogens (tertiary/aromatic N) is 1. The van der Waals surface area contributed by atoms with E-state index >= 15 is 0 Å². The molecule has 2 nitrogen and oxygen atoms in total. The minimum atomic E-state index is -4.28. The number of likely N-dealkylation sites (tertiary alicyclic amines) is 1. The van der Waals surface area contributed by atoms with Crippen molar-refractivity contribution in [3.8, 4) is 0 Å². The summed E-state index contributed by atoms with van der Waals surface area (Å²) in [5, 5.41) is 0. The van der Waals surface area contributed by atoms with Crippen LogP contribution in [0.3, 0.4) is 0 Å². The van der Waals surface area contributed by atoms with E-state index in [1.54, 1.807) is 13.8 Å². The second kappa shape index (κ2) is 3.79. The summed E-state index contributed by atoms with van der Waals surface area (Å²) in [4.78, 5) is 12.4. The van der Waals surface area contributed by atoms with Crippen LogP contribution in [0.2, 0.25) is 0 Å². The zero-order valence-corrected chi connectivity index (χ0v) is 8.27. The number of carbonyl (C=O) groups excluding carboxylic acids is 1. The highest BCUT2D eigenvalue weighted by Gasteiger charge is 2.47. The minimum Gasteiger partial charge on any atom is -0.330 e. The SMILES string of the molecule is CC(C)C(=O)N1CCC[C@@H]1C(F)(F)F. The summed E-state index contributed by atoms with van der Waals surface area (Å²) in [5.41, 5.74) is 0. The fraction of sp³-hybridized carbons (Fsp3) is 0.889. The largest absolute Gasteiger partial charge is 0.408 e. The Morgan fingerprint density at radius 2 is 2.00 bits per heavy atom. The van der Waals surface area contributed by atoms with Gasteiger partial charge in [0, 0.05) is 12.5 Å². The summed E-state index contributed by atoms with van der Waals surface area (Å²) in [7, 11) is 0. The fourth-order valence-electron chi connectivity index (χ4n) is 1.70. The highest BCUT2D eigenvalue weighted by molar-refractivity contribution is 5.78. The molecule has 1 amide bonds. The lowest BCUT2D eigenvalue weighted by Crippen LogP contribution is -2.46. The van der Waals surface area contributed by atoms with Crippen molar-refractivity contribution in [2.45, 2.75) is 38.9 Å². The minimum absolute atomic E-state index is 0.0436. The van der Waals surface area contributed by atoms with Gasteiger partial charge in [0.2, 0.25) is 5.91 Å². The van der Waals surface area contributed by atoms with Gasteiger partial charge in [-0.2, -0.15) is 13.2 Å². The third kappa shape index (κ3) is 2.19. The van der Waals surface area contributed by atoms with Crippen LogP contribution in [-0.2, 0) is 4.79 Å². The average molecular weight is 209 g/mol. The Balaban J connectivity index is 2.74. The van der Waals surface area contributed by atoms with Gasteiger partial charge in [0.15, 0.2) is 0 Å². The molecule has 14 heavy (non-hydrogen) atoms. The van der Waals surface area contributed by atoms with Gasteiger partial charge in [-0.25, -0.2) is 0 Å². The van der Waals surface area contributed by atoms with Crippen molar-refractivity contribution in [3.63, 3.8) is 0 Å². The van der Waals surface area contributed by atoms with Crippen LogP contribution in [0, 0.1) is 5.92 Å². The quantitative estimate of drug-likeness (QED) is 0.648. The monoisotopic (exact) mass is 209 g/mol. The third-order valence-electron chi connectivity index (χ3n) is 2.41. The summed E-state index contributed by atoms with van der Waals surface area (Å²) in [6, 6.07) is -1.56. The molecule has 1 aliphatic rings. The topological polar surface area (TPSA) is 20.3 Å². The van der Waals surface area contributed by atoms with Gasteiger partial charge in [0.25, 0.3) is 0 Å². The van der Waals surface area contributed by atoms with Crippen molar-refractivity contribution < 1.29 is 18.0 Å². The average Bonchev–Trinajstić information content (AvgIpc) is 2.48. The first-order valence-corrected chi connectivity index (χ1v) is 4.71. The number of carbonyl (C=O) groups is 1. The van der Waals surface area contributed by atoms with E-state index < -0.39 is 18.1 Å². The van der Waals surface area contributed by atoms with Gasteiger partial charge in [0.05, 0.1) is 0 Å². The molecule has 1 heterocycles. The predicted octanol–water partition coefficient (Wildman–Crippen LogP) is 2.20. The van der Waals surface area contributed by atoms with Gasteiger partial charge in [-0.3, -0.25) is 4.79 Å². The normalized spacial score (nSPS) is 23.3. The molecule has 0 saturated carbocycles. The van der Waals surface area contributed by atoms with E-state index in [0.29, 0.717) is 6.42 Å². The Hall–Kier alpha value is -0.740. The molecule has 0 radical (unpaired) electrons. The molecular formula is C9H14F3NO. The maximum Gasteiger partial charge on any atom is 0.408 e. The van der Waals surface area contributed by atoms with Crippen LogP contribution in [0.1, 0.15) is 26.7 Å². The maximum atomic E-state index is 12.4. The lowest BCUT2D eigenvalue weighted by atomic mass is 10.1. The Morgan fingerprint density at radius 3 is 2.43 bits per heavy atom. The maximum absolute atomic E-state index is 12.4. The summed E-state index contributed by atoms with van der Waals surface area (Å²) in [5.74, 6) is -0.761. The first kappa shape index (κ1) is 11.3. The first-order valence-electron chi connectivity index (χ1n) is 4.71. The van der Waals surface area contributed by atoms with Gasteiger partial charge in [-0.15, -0.1) is 0 Å². The van der Waals surface area contributed by atoms with Crippen molar-refractivity contribution in [2.24, 2.45) is 5.92 Å². The molecule has 0 aromatic heterocycles. The number of hydrogen-bond donors (Lipinski definition) is 0. The zero-order valence-electron chi connectivity index (χ0n) is 8.27. The van der Waals surface area contributed by atoms with Crippen LogP contribution in [0.15, 0.2) is 0 Å². The number of amides is 1. The Kier molecular flexibility index (Phi) is 3.07. The smallest absolute Gasteiger partial charge is 0.330 e. The standard InChI is InChI=1S/C9H14F3NO/c1-6(2)8(14)13-5-3-4-7(13)9(10,11)12/h6-7H,3-5H2,1-2H3/t7-/m1/s1. The van der Waals surface area contributed by atoms with Crippen molar-refractivity contribution in [1.29, 1.82) is 0 Å². The molecule has 0 spiro atoms.